The Kier molecular flexibility index (Phi) is 3.31. The van der Waals surface area contributed by atoms with E-state index in [-0.39, 0.29) is 11.1 Å². The number of aryl methyl sites for hydroxylation is 1. The molecule has 70 valence electrons. The second-order valence-corrected chi connectivity index (χ2v) is 3.36. The smallest absolute Gasteiger partial charge is 0.283 e. The third-order valence-corrected chi connectivity index (χ3v) is 2.06. The minimum Gasteiger partial charge on any atom is -0.317 e. The maximum atomic E-state index is 12.8. The fourth-order valence-electron chi connectivity index (χ4n) is 0.891. The molecule has 1 amide bonds. The Bertz CT molecular complexity index is 327. The van der Waals surface area contributed by atoms with Crippen LogP contribution >= 0.6 is 11.8 Å². The summed E-state index contributed by atoms with van der Waals surface area (Å²) in [4.78, 5) is 10.9. The number of thioether (sulfide) groups is 1. The van der Waals surface area contributed by atoms with Crippen LogP contribution in [0.15, 0.2) is 18.2 Å². The van der Waals surface area contributed by atoms with Gasteiger partial charge in [0.2, 0.25) is 0 Å². The molecule has 0 heterocycles. The van der Waals surface area contributed by atoms with Crippen molar-refractivity contribution in [3.8, 4) is 0 Å². The van der Waals surface area contributed by atoms with E-state index in [9.17, 15) is 9.18 Å². The summed E-state index contributed by atoms with van der Waals surface area (Å²) in [6.07, 6.45) is 1.69. The number of hydrogen-bond donors (Lipinski definition) is 1. The monoisotopic (exact) mass is 199 g/mol. The van der Waals surface area contributed by atoms with E-state index in [1.165, 1.54) is 12.1 Å². The van der Waals surface area contributed by atoms with Crippen LogP contribution in [0.1, 0.15) is 5.56 Å². The van der Waals surface area contributed by atoms with Crippen LogP contribution in [0.2, 0.25) is 0 Å². The first-order chi connectivity index (χ1) is 6.13. The third-order valence-electron chi connectivity index (χ3n) is 1.59. The molecule has 2 nitrogen and oxygen atoms in total. The Labute approximate surface area is 80.5 Å². The molecule has 0 fully saturated rings. The number of benzene rings is 1. The van der Waals surface area contributed by atoms with Gasteiger partial charge in [0.05, 0.1) is 0 Å². The minimum absolute atomic E-state index is 0.147. The zero-order chi connectivity index (χ0) is 9.84. The number of anilines is 1. The lowest BCUT2D eigenvalue weighted by Crippen LogP contribution is -2.04. The van der Waals surface area contributed by atoms with Gasteiger partial charge < -0.3 is 5.32 Å². The zero-order valence-electron chi connectivity index (χ0n) is 7.43. The SMILES string of the molecule is CSC(=O)Nc1ccc(F)c(C)c1. The molecule has 1 rings (SSSR count). The highest BCUT2D eigenvalue weighted by atomic mass is 32.2. The van der Waals surface area contributed by atoms with Gasteiger partial charge in [0.1, 0.15) is 5.82 Å². The maximum absolute atomic E-state index is 12.8. The number of rotatable bonds is 1. The number of amides is 1. The average Bonchev–Trinajstić information content (AvgIpc) is 2.11. The summed E-state index contributed by atoms with van der Waals surface area (Å²) in [5.74, 6) is -0.262. The van der Waals surface area contributed by atoms with E-state index in [0.29, 0.717) is 11.3 Å². The number of nitrogens with one attached hydrogen (secondary N) is 1. The van der Waals surface area contributed by atoms with Gasteiger partial charge in [-0.1, -0.05) is 11.8 Å². The first-order valence-corrected chi connectivity index (χ1v) is 4.97. The highest BCUT2D eigenvalue weighted by molar-refractivity contribution is 8.13. The second kappa shape index (κ2) is 4.28. The van der Waals surface area contributed by atoms with E-state index in [1.807, 2.05) is 0 Å². The minimum atomic E-state index is -0.262. The summed E-state index contributed by atoms with van der Waals surface area (Å²) < 4.78 is 12.8. The molecule has 0 atom stereocenters. The topological polar surface area (TPSA) is 29.1 Å². The summed E-state index contributed by atoms with van der Waals surface area (Å²) in [6, 6.07) is 4.48. The maximum Gasteiger partial charge on any atom is 0.283 e. The Balaban J connectivity index is 2.79. The van der Waals surface area contributed by atoms with Crippen LogP contribution in [0.4, 0.5) is 14.9 Å². The lowest BCUT2D eigenvalue weighted by molar-refractivity contribution is 0.270. The normalized spacial score (nSPS) is 9.77. The van der Waals surface area contributed by atoms with Crippen molar-refractivity contribution < 1.29 is 9.18 Å². The van der Waals surface area contributed by atoms with Gasteiger partial charge in [0.25, 0.3) is 5.24 Å². The van der Waals surface area contributed by atoms with Crippen molar-refractivity contribution >= 4 is 22.7 Å². The van der Waals surface area contributed by atoms with Gasteiger partial charge in [0, 0.05) is 5.69 Å². The number of carbonyl (C=O) groups excluding carboxylic acids is 1. The summed E-state index contributed by atoms with van der Waals surface area (Å²) in [7, 11) is 0. The lowest BCUT2D eigenvalue weighted by Gasteiger charge is -2.03. The molecule has 0 aliphatic heterocycles. The van der Waals surface area contributed by atoms with Crippen LogP contribution in [-0.4, -0.2) is 11.5 Å². The molecule has 0 radical (unpaired) electrons. The molecule has 0 saturated carbocycles. The second-order valence-electron chi connectivity index (χ2n) is 2.58. The van der Waals surface area contributed by atoms with Gasteiger partial charge in [-0.3, -0.25) is 4.79 Å². The lowest BCUT2D eigenvalue weighted by atomic mass is 10.2. The van der Waals surface area contributed by atoms with Crippen LogP contribution in [0.3, 0.4) is 0 Å². The van der Waals surface area contributed by atoms with Gasteiger partial charge in [-0.05, 0) is 36.9 Å². The highest BCUT2D eigenvalue weighted by Gasteiger charge is 2.01. The number of hydrogen-bond acceptors (Lipinski definition) is 2. The molecule has 13 heavy (non-hydrogen) atoms. The Morgan fingerprint density at radius 2 is 2.23 bits per heavy atom. The van der Waals surface area contributed by atoms with Crippen LogP contribution in [0, 0.1) is 12.7 Å². The molecule has 0 aliphatic carbocycles. The quantitative estimate of drug-likeness (QED) is 0.753. The van der Waals surface area contributed by atoms with Crippen LogP contribution < -0.4 is 5.32 Å². The molecule has 0 aliphatic rings. The van der Waals surface area contributed by atoms with E-state index in [0.717, 1.165) is 11.8 Å². The molecule has 1 aromatic rings. The van der Waals surface area contributed by atoms with Crippen LogP contribution in [0.5, 0.6) is 0 Å². The van der Waals surface area contributed by atoms with Crippen molar-refractivity contribution in [3.63, 3.8) is 0 Å². The van der Waals surface area contributed by atoms with Gasteiger partial charge >= 0.3 is 0 Å². The van der Waals surface area contributed by atoms with Crippen molar-refractivity contribution in [2.24, 2.45) is 0 Å². The number of carbonyl (C=O) groups is 1. The zero-order valence-corrected chi connectivity index (χ0v) is 8.24. The van der Waals surface area contributed by atoms with Crippen molar-refractivity contribution in [1.82, 2.24) is 0 Å². The molecule has 4 heteroatoms. The molecule has 0 aromatic heterocycles. The Morgan fingerprint density at radius 1 is 1.54 bits per heavy atom. The van der Waals surface area contributed by atoms with E-state index < -0.39 is 0 Å². The predicted octanol–water partition coefficient (Wildman–Crippen LogP) is 3.03. The van der Waals surface area contributed by atoms with Crippen molar-refractivity contribution in [2.75, 3.05) is 11.6 Å². The van der Waals surface area contributed by atoms with Crippen LogP contribution in [0.25, 0.3) is 0 Å². The molecule has 1 aromatic carbocycles. The molecule has 0 bridgehead atoms. The predicted molar refractivity (Wildman–Crippen MR) is 53.7 cm³/mol. The van der Waals surface area contributed by atoms with E-state index in [1.54, 1.807) is 19.2 Å². The van der Waals surface area contributed by atoms with Gasteiger partial charge in [-0.15, -0.1) is 0 Å². The highest BCUT2D eigenvalue weighted by Crippen LogP contribution is 2.14. The van der Waals surface area contributed by atoms with Crippen LogP contribution in [-0.2, 0) is 0 Å². The molecule has 1 N–H and O–H groups in total. The molecular formula is C9H10FNOS. The fourth-order valence-corrected chi connectivity index (χ4v) is 1.11. The van der Waals surface area contributed by atoms with Crippen molar-refractivity contribution in [2.45, 2.75) is 6.92 Å². The number of halogens is 1. The Morgan fingerprint density at radius 3 is 2.77 bits per heavy atom. The van der Waals surface area contributed by atoms with Gasteiger partial charge in [0.15, 0.2) is 0 Å². The first kappa shape index (κ1) is 10.1. The molecule has 0 spiro atoms. The molecular weight excluding hydrogens is 189 g/mol. The van der Waals surface area contributed by atoms with E-state index in [4.69, 9.17) is 0 Å². The van der Waals surface area contributed by atoms with E-state index >= 15 is 0 Å². The van der Waals surface area contributed by atoms with Crippen molar-refractivity contribution in [3.05, 3.63) is 29.6 Å². The van der Waals surface area contributed by atoms with E-state index in [2.05, 4.69) is 5.32 Å². The molecule has 0 saturated heterocycles. The molecule has 0 unspecified atom stereocenters. The summed E-state index contributed by atoms with van der Waals surface area (Å²) in [6.45, 7) is 1.66. The fraction of sp³-hybridized carbons (Fsp3) is 0.222. The van der Waals surface area contributed by atoms with Crippen molar-refractivity contribution in [1.29, 1.82) is 0 Å². The standard InChI is InChI=1S/C9H10FNOS/c1-6-5-7(3-4-8(6)10)11-9(12)13-2/h3-5H,1-2H3,(H,11,12). The van der Waals surface area contributed by atoms with Gasteiger partial charge in [-0.25, -0.2) is 4.39 Å². The average molecular weight is 199 g/mol. The third kappa shape index (κ3) is 2.73. The summed E-state index contributed by atoms with van der Waals surface area (Å²) in [5.41, 5.74) is 1.15. The Hall–Kier alpha value is -1.03. The summed E-state index contributed by atoms with van der Waals surface area (Å²) in [5, 5.41) is 2.47. The van der Waals surface area contributed by atoms with Gasteiger partial charge in [-0.2, -0.15) is 0 Å². The largest absolute Gasteiger partial charge is 0.317 e. The first-order valence-electron chi connectivity index (χ1n) is 3.74. The summed E-state index contributed by atoms with van der Waals surface area (Å²) >= 11 is 1.09.